The molecule has 0 aromatic heterocycles. The molecule has 26 heavy (non-hydrogen) atoms. The van der Waals surface area contributed by atoms with Crippen LogP contribution in [0.15, 0.2) is 52.5 Å². The monoisotopic (exact) mass is 419 g/mol. The van der Waals surface area contributed by atoms with Crippen molar-refractivity contribution in [2.75, 3.05) is 0 Å². The third kappa shape index (κ3) is 6.73. The third-order valence-corrected chi connectivity index (χ3v) is 4.59. The fourth-order valence-corrected chi connectivity index (χ4v) is 2.74. The molecule has 0 spiro atoms. The summed E-state index contributed by atoms with van der Waals surface area (Å²) >= 11 is 0. The van der Waals surface area contributed by atoms with Crippen molar-refractivity contribution in [1.29, 1.82) is 0 Å². The normalized spacial score (nSPS) is 21.3. The number of hydrazone groups is 1. The standard InChI is InChI=1S/C12H10N2O8S2.2Na/c15-12-7-10(24(20,21)22)5-6-11(12)14(16)13-8-1-3-9(4-2-8)23(17,18)19;;/h1-7,11H,(H2-,13,16,17,18,19,20,21,22);;/q;2*+1/p-1. The van der Waals surface area contributed by atoms with E-state index in [2.05, 4.69) is 5.10 Å². The molecule has 0 radical (unpaired) electrons. The molecular formula is C12H9N2Na2O8S2+. The fourth-order valence-electron chi connectivity index (χ4n) is 1.75. The smallest absolute Gasteiger partial charge is 0.757 e. The largest absolute Gasteiger partial charge is 1.00 e. The number of rotatable bonds is 3. The minimum atomic E-state index is -4.81. The number of hydrogen-bond donors (Lipinski definition) is 1. The molecule has 2 atom stereocenters. The number of ketones is 1. The molecule has 2 aliphatic rings. The molecule has 128 valence electrons. The molecule has 2 rings (SSSR count). The summed E-state index contributed by atoms with van der Waals surface area (Å²) in [5.41, 5.74) is -0.00942. The Hall–Kier alpha value is -0.250. The van der Waals surface area contributed by atoms with Crippen LogP contribution in [0.4, 0.5) is 0 Å². The molecule has 0 amide bonds. The van der Waals surface area contributed by atoms with Gasteiger partial charge in [0.2, 0.25) is 5.78 Å². The second-order valence-corrected chi connectivity index (χ2v) is 7.38. The molecule has 0 saturated carbocycles. The van der Waals surface area contributed by atoms with Gasteiger partial charge in [0, 0.05) is 27.1 Å². The predicted octanol–water partition coefficient (Wildman–Crippen LogP) is -6.75. The van der Waals surface area contributed by atoms with Gasteiger partial charge < -0.3 is 13.7 Å². The van der Waals surface area contributed by atoms with Gasteiger partial charge in [-0.15, -0.1) is 0 Å². The molecule has 10 nitrogen and oxygen atoms in total. The van der Waals surface area contributed by atoms with Crippen molar-refractivity contribution in [3.05, 3.63) is 52.3 Å². The van der Waals surface area contributed by atoms with E-state index >= 15 is 0 Å². The van der Waals surface area contributed by atoms with Crippen molar-refractivity contribution in [1.82, 2.24) is 0 Å². The Bertz CT molecular complexity index is 972. The van der Waals surface area contributed by atoms with Crippen LogP contribution in [-0.4, -0.2) is 53.6 Å². The Balaban J connectivity index is 0.00000312. The van der Waals surface area contributed by atoms with Crippen molar-refractivity contribution in [3.63, 3.8) is 0 Å². The Morgan fingerprint density at radius 1 is 1.04 bits per heavy atom. The number of nitroso groups, excluding NO2 is 1. The second kappa shape index (κ2) is 9.80. The maximum Gasteiger partial charge on any atom is 1.00 e. The van der Waals surface area contributed by atoms with Gasteiger partial charge in [-0.3, -0.25) is 9.00 Å². The fraction of sp³-hybridized carbons (Fsp3) is 0.0833. The predicted molar refractivity (Wildman–Crippen MR) is 81.6 cm³/mol. The minimum absolute atomic E-state index is 0. The van der Waals surface area contributed by atoms with Gasteiger partial charge in [0.05, 0.1) is 14.9 Å². The summed E-state index contributed by atoms with van der Waals surface area (Å²) < 4.78 is 63.0. The topological polar surface area (TPSA) is 167 Å². The van der Waals surface area contributed by atoms with Gasteiger partial charge in [-0.05, 0) is 30.4 Å². The van der Waals surface area contributed by atoms with E-state index in [-0.39, 0.29) is 69.7 Å². The molecule has 0 bridgehead atoms. The van der Waals surface area contributed by atoms with Crippen molar-refractivity contribution < 1.29 is 95.1 Å². The van der Waals surface area contributed by atoms with Crippen LogP contribution in [0.3, 0.4) is 0 Å². The number of nitrogens with zero attached hydrogens (tertiary/aromatic N) is 2. The number of hydrogen-bond acceptors (Lipinski definition) is 7. The van der Waals surface area contributed by atoms with Crippen LogP contribution in [0.5, 0.6) is 0 Å². The first-order valence-electron chi connectivity index (χ1n) is 6.14. The van der Waals surface area contributed by atoms with E-state index in [4.69, 9.17) is 4.55 Å². The first-order chi connectivity index (χ1) is 11.0. The number of carbonyl (C=O) groups excluding carboxylic acids is 1. The van der Waals surface area contributed by atoms with Crippen LogP contribution in [0.1, 0.15) is 0 Å². The average molecular weight is 419 g/mol. The van der Waals surface area contributed by atoms with Gasteiger partial charge in [-0.2, -0.15) is 0 Å². The first kappa shape index (κ1) is 25.8. The quantitative estimate of drug-likeness (QED) is 0.155. The minimum Gasteiger partial charge on any atom is -0.757 e. The number of allylic oxidation sites excluding steroid dienone is 5. The third-order valence-electron chi connectivity index (χ3n) is 2.89. The van der Waals surface area contributed by atoms with E-state index < -0.39 is 41.8 Å². The number of carbonyl (C=O) groups is 1. The van der Waals surface area contributed by atoms with E-state index in [9.17, 15) is 31.4 Å². The zero-order valence-electron chi connectivity index (χ0n) is 13.6. The molecule has 0 aromatic rings. The van der Waals surface area contributed by atoms with Gasteiger partial charge >= 0.3 is 65.2 Å². The zero-order chi connectivity index (χ0) is 18.1. The summed E-state index contributed by atoms with van der Waals surface area (Å²) in [5.74, 6) is -0.944. The molecule has 0 saturated heterocycles. The van der Waals surface area contributed by atoms with Gasteiger partial charge in [-0.1, -0.05) is 0 Å². The molecular weight excluding hydrogens is 410 g/mol. The van der Waals surface area contributed by atoms with Gasteiger partial charge in [0.1, 0.15) is 15.8 Å². The molecule has 14 heteroatoms. The molecule has 1 N–H and O–H groups in total. The van der Waals surface area contributed by atoms with Gasteiger partial charge in [-0.25, -0.2) is 8.42 Å². The van der Waals surface area contributed by atoms with Gasteiger partial charge in [0.25, 0.3) is 0 Å². The summed E-state index contributed by atoms with van der Waals surface area (Å²) in [4.78, 5) is 22.4. The van der Waals surface area contributed by atoms with Crippen molar-refractivity contribution in [3.8, 4) is 0 Å². The maximum absolute atomic E-state index is 11.9. The molecule has 0 aliphatic heterocycles. The average Bonchev–Trinajstić information content (AvgIpc) is 2.45. The summed E-state index contributed by atoms with van der Waals surface area (Å²) in [7, 11) is -9.20. The first-order valence-corrected chi connectivity index (χ1v) is 8.98. The Kier molecular flexibility index (Phi) is 9.70. The van der Waals surface area contributed by atoms with Crippen molar-refractivity contribution in [2.45, 2.75) is 6.04 Å². The van der Waals surface area contributed by atoms with Crippen molar-refractivity contribution in [2.24, 2.45) is 5.10 Å². The second-order valence-electron chi connectivity index (χ2n) is 4.58. The maximum atomic E-state index is 11.9. The Labute approximate surface area is 193 Å². The van der Waals surface area contributed by atoms with E-state index in [0.717, 1.165) is 36.5 Å². The Morgan fingerprint density at radius 2 is 1.58 bits per heavy atom. The molecule has 0 heterocycles. The van der Waals surface area contributed by atoms with Crippen LogP contribution in [0.25, 0.3) is 0 Å². The van der Waals surface area contributed by atoms with Crippen LogP contribution in [0.2, 0.25) is 0 Å². The summed E-state index contributed by atoms with van der Waals surface area (Å²) in [5, 5.41) is 3.52. The van der Waals surface area contributed by atoms with Crippen LogP contribution >= 0.6 is 0 Å². The van der Waals surface area contributed by atoms with Crippen molar-refractivity contribution >= 4 is 36.6 Å². The van der Waals surface area contributed by atoms with E-state index in [0.29, 0.717) is 6.08 Å². The molecule has 2 unspecified atom stereocenters. The van der Waals surface area contributed by atoms with E-state index in [1.165, 1.54) is 0 Å². The van der Waals surface area contributed by atoms with E-state index in [1.54, 1.807) is 0 Å². The summed E-state index contributed by atoms with van der Waals surface area (Å²) in [6, 6.07) is -1.46. The zero-order valence-corrected chi connectivity index (χ0v) is 19.3. The van der Waals surface area contributed by atoms with Crippen LogP contribution in [0, 0.1) is 4.91 Å². The van der Waals surface area contributed by atoms with E-state index in [1.807, 2.05) is 0 Å². The Morgan fingerprint density at radius 3 is 2.00 bits per heavy atom. The SMILES string of the molecule is O=C1C=C(S(=O)(=O)[O-])C=CC1[N+](=O)N=C1C=CC(=S(=O)([O-])O)C=C1.[Na+].[Na+]. The summed E-state index contributed by atoms with van der Waals surface area (Å²) in [6.45, 7) is 0. The van der Waals surface area contributed by atoms with Crippen LogP contribution < -0.4 is 59.1 Å². The summed E-state index contributed by atoms with van der Waals surface area (Å²) in [6.07, 6.45) is 6.52. The molecule has 0 fully saturated rings. The molecule has 2 aliphatic carbocycles. The van der Waals surface area contributed by atoms with Gasteiger partial charge in [0.15, 0.2) is 4.87 Å². The molecule has 0 aromatic carbocycles. The van der Waals surface area contributed by atoms with Crippen LogP contribution in [-0.2, 0) is 25.0 Å².